The number of nitrogens with zero attached hydrogens (tertiary/aromatic N) is 1. The molecule has 0 aliphatic heterocycles. The van der Waals surface area contributed by atoms with Crippen molar-refractivity contribution in [2.45, 2.75) is 0 Å². The van der Waals surface area contributed by atoms with Crippen LogP contribution in [0.15, 0.2) is 40.9 Å². The average Bonchev–Trinajstić information content (AvgIpc) is 2.34. The summed E-state index contributed by atoms with van der Waals surface area (Å²) in [5.74, 6) is -0.502. The molecule has 4 nitrogen and oxygen atoms in total. The Balaban J connectivity index is 2.31. The van der Waals surface area contributed by atoms with E-state index in [0.29, 0.717) is 15.2 Å². The van der Waals surface area contributed by atoms with E-state index in [4.69, 9.17) is 11.6 Å². The molecule has 1 N–H and O–H groups in total. The zero-order valence-electron chi connectivity index (χ0n) is 9.36. The maximum atomic E-state index is 13.6. The second-order valence-electron chi connectivity index (χ2n) is 3.67. The van der Waals surface area contributed by atoms with E-state index in [1.165, 1.54) is 30.3 Å². The van der Waals surface area contributed by atoms with Gasteiger partial charge in [-0.05, 0) is 40.2 Å². The molecule has 0 bridgehead atoms. The predicted molar refractivity (Wildman–Crippen MR) is 75.5 cm³/mol. The van der Waals surface area contributed by atoms with Crippen LogP contribution < -0.4 is 5.32 Å². The molecule has 0 aliphatic rings. The van der Waals surface area contributed by atoms with E-state index in [2.05, 4.69) is 21.2 Å². The lowest BCUT2D eigenvalue weighted by Crippen LogP contribution is -1.96. The molecule has 0 saturated carbocycles. The number of benzene rings is 2. The SMILES string of the molecule is O=[N+]([O-])c1ccc(Nc2ccc(Cl)cc2F)c(Br)c1. The molecule has 19 heavy (non-hydrogen) atoms. The number of hydrogen-bond acceptors (Lipinski definition) is 3. The number of hydrogen-bond donors (Lipinski definition) is 1. The summed E-state index contributed by atoms with van der Waals surface area (Å²) >= 11 is 8.85. The van der Waals surface area contributed by atoms with E-state index in [9.17, 15) is 14.5 Å². The largest absolute Gasteiger partial charge is 0.352 e. The third kappa shape index (κ3) is 3.21. The van der Waals surface area contributed by atoms with Crippen LogP contribution in [0.3, 0.4) is 0 Å². The summed E-state index contributed by atoms with van der Waals surface area (Å²) in [5.41, 5.74) is 0.708. The third-order valence-corrected chi connectivity index (χ3v) is 3.26. The molecule has 0 unspecified atom stereocenters. The van der Waals surface area contributed by atoms with E-state index in [0.717, 1.165) is 0 Å². The van der Waals surface area contributed by atoms with Crippen molar-refractivity contribution >= 4 is 44.6 Å². The topological polar surface area (TPSA) is 55.2 Å². The Labute approximate surface area is 121 Å². The Kier molecular flexibility index (Phi) is 4.01. The summed E-state index contributed by atoms with van der Waals surface area (Å²) in [6.45, 7) is 0. The van der Waals surface area contributed by atoms with E-state index in [1.807, 2.05) is 0 Å². The highest BCUT2D eigenvalue weighted by molar-refractivity contribution is 9.10. The summed E-state index contributed by atoms with van der Waals surface area (Å²) in [6, 6.07) is 8.40. The Hall–Kier alpha value is -1.66. The fourth-order valence-electron chi connectivity index (χ4n) is 1.45. The van der Waals surface area contributed by atoms with E-state index in [1.54, 1.807) is 6.07 Å². The van der Waals surface area contributed by atoms with Gasteiger partial charge in [0.15, 0.2) is 0 Å². The van der Waals surface area contributed by atoms with Gasteiger partial charge in [0, 0.05) is 21.6 Å². The lowest BCUT2D eigenvalue weighted by molar-refractivity contribution is -0.384. The second-order valence-corrected chi connectivity index (χ2v) is 4.96. The van der Waals surface area contributed by atoms with Gasteiger partial charge in [-0.25, -0.2) is 4.39 Å². The van der Waals surface area contributed by atoms with Crippen molar-refractivity contribution in [3.63, 3.8) is 0 Å². The first-order valence-electron chi connectivity index (χ1n) is 5.13. The van der Waals surface area contributed by atoms with Crippen molar-refractivity contribution in [3.8, 4) is 0 Å². The highest BCUT2D eigenvalue weighted by atomic mass is 79.9. The van der Waals surface area contributed by atoms with Gasteiger partial charge >= 0.3 is 0 Å². The quantitative estimate of drug-likeness (QED) is 0.636. The fraction of sp³-hybridized carbons (Fsp3) is 0. The summed E-state index contributed by atoms with van der Waals surface area (Å²) in [6.07, 6.45) is 0. The van der Waals surface area contributed by atoms with Crippen LogP contribution in [-0.4, -0.2) is 4.92 Å². The van der Waals surface area contributed by atoms with E-state index in [-0.39, 0.29) is 11.4 Å². The molecular weight excluding hydrogens is 338 g/mol. The van der Waals surface area contributed by atoms with Crippen LogP contribution in [-0.2, 0) is 0 Å². The van der Waals surface area contributed by atoms with Gasteiger partial charge in [0.2, 0.25) is 0 Å². The van der Waals surface area contributed by atoms with Crippen LogP contribution in [0.25, 0.3) is 0 Å². The molecule has 0 radical (unpaired) electrons. The Bertz CT molecular complexity index is 652. The molecule has 2 aromatic carbocycles. The number of nitrogens with one attached hydrogen (secondary N) is 1. The van der Waals surface area contributed by atoms with Crippen molar-refractivity contribution < 1.29 is 9.31 Å². The molecule has 0 aliphatic carbocycles. The van der Waals surface area contributed by atoms with Crippen molar-refractivity contribution in [2.24, 2.45) is 0 Å². The van der Waals surface area contributed by atoms with Gasteiger partial charge in [-0.3, -0.25) is 10.1 Å². The highest BCUT2D eigenvalue weighted by Gasteiger charge is 2.10. The van der Waals surface area contributed by atoms with Crippen LogP contribution in [0.2, 0.25) is 5.02 Å². The van der Waals surface area contributed by atoms with Gasteiger partial charge in [0.1, 0.15) is 5.82 Å². The number of nitro groups is 1. The minimum absolute atomic E-state index is 0.0472. The summed E-state index contributed by atoms with van der Waals surface area (Å²) in [7, 11) is 0. The van der Waals surface area contributed by atoms with Crippen LogP contribution >= 0.6 is 27.5 Å². The highest BCUT2D eigenvalue weighted by Crippen LogP contribution is 2.31. The monoisotopic (exact) mass is 344 g/mol. The minimum atomic E-state index is -0.503. The second kappa shape index (κ2) is 5.54. The molecule has 0 spiro atoms. The molecule has 0 fully saturated rings. The molecule has 0 heterocycles. The van der Waals surface area contributed by atoms with E-state index < -0.39 is 10.7 Å². The molecular formula is C12H7BrClFN2O2. The van der Waals surface area contributed by atoms with Gasteiger partial charge in [-0.2, -0.15) is 0 Å². The Morgan fingerprint density at radius 1 is 1.21 bits per heavy atom. The average molecular weight is 346 g/mol. The van der Waals surface area contributed by atoms with Crippen molar-refractivity contribution in [1.29, 1.82) is 0 Å². The molecule has 0 aromatic heterocycles. The zero-order valence-corrected chi connectivity index (χ0v) is 11.7. The zero-order chi connectivity index (χ0) is 14.0. The van der Waals surface area contributed by atoms with Gasteiger partial charge in [0.25, 0.3) is 5.69 Å². The number of nitro benzene ring substituents is 1. The first-order valence-corrected chi connectivity index (χ1v) is 6.30. The van der Waals surface area contributed by atoms with Gasteiger partial charge in [0.05, 0.1) is 16.3 Å². The lowest BCUT2D eigenvalue weighted by atomic mass is 10.2. The maximum absolute atomic E-state index is 13.6. The Morgan fingerprint density at radius 2 is 1.89 bits per heavy atom. The van der Waals surface area contributed by atoms with Crippen LogP contribution in [0.4, 0.5) is 21.5 Å². The van der Waals surface area contributed by atoms with Gasteiger partial charge in [-0.15, -0.1) is 0 Å². The minimum Gasteiger partial charge on any atom is -0.352 e. The normalized spacial score (nSPS) is 10.3. The first kappa shape index (κ1) is 13.8. The standard InChI is InChI=1S/C12H7BrClFN2O2/c13-9-6-8(17(18)19)2-4-11(9)16-12-3-1-7(14)5-10(12)15/h1-6,16H. The third-order valence-electron chi connectivity index (χ3n) is 2.36. The molecule has 2 rings (SSSR count). The van der Waals surface area contributed by atoms with Crippen LogP contribution in [0, 0.1) is 15.9 Å². The van der Waals surface area contributed by atoms with E-state index >= 15 is 0 Å². The number of rotatable bonds is 3. The molecule has 2 aromatic rings. The number of anilines is 2. The Morgan fingerprint density at radius 3 is 2.47 bits per heavy atom. The smallest absolute Gasteiger partial charge is 0.270 e. The van der Waals surface area contributed by atoms with Crippen molar-refractivity contribution in [1.82, 2.24) is 0 Å². The van der Waals surface area contributed by atoms with Crippen molar-refractivity contribution in [2.75, 3.05) is 5.32 Å². The molecule has 0 amide bonds. The molecule has 98 valence electrons. The summed E-state index contributed by atoms with van der Waals surface area (Å²) < 4.78 is 14.1. The molecule has 0 atom stereocenters. The van der Waals surface area contributed by atoms with Crippen LogP contribution in [0.5, 0.6) is 0 Å². The number of non-ortho nitro benzene ring substituents is 1. The predicted octanol–water partition coefficient (Wildman–Crippen LogP) is 4.89. The van der Waals surface area contributed by atoms with Crippen LogP contribution in [0.1, 0.15) is 0 Å². The molecule has 0 saturated heterocycles. The summed E-state index contributed by atoms with van der Waals surface area (Å²) in [4.78, 5) is 10.1. The maximum Gasteiger partial charge on any atom is 0.270 e. The fourth-order valence-corrected chi connectivity index (χ4v) is 2.08. The summed E-state index contributed by atoms with van der Waals surface area (Å²) in [5, 5.41) is 13.7. The van der Waals surface area contributed by atoms with Crippen molar-refractivity contribution in [3.05, 3.63) is 61.8 Å². The molecule has 7 heteroatoms. The van der Waals surface area contributed by atoms with Gasteiger partial charge < -0.3 is 5.32 Å². The lowest BCUT2D eigenvalue weighted by Gasteiger charge is -2.09. The first-order chi connectivity index (χ1) is 8.97. The van der Waals surface area contributed by atoms with Gasteiger partial charge in [-0.1, -0.05) is 11.6 Å². The number of halogens is 3.